The number of hydrogen-bond donors (Lipinski definition) is 3. The number of aromatic nitrogens is 2. The first-order chi connectivity index (χ1) is 8.53. The molecule has 0 saturated carbocycles. The number of ether oxygens (including phenoxy) is 1. The molecule has 1 heterocycles. The van der Waals surface area contributed by atoms with Gasteiger partial charge in [0.15, 0.2) is 5.82 Å². The first-order valence-electron chi connectivity index (χ1n) is 6.13. The molecular weight excluding hydrogens is 232 g/mol. The normalized spacial score (nSPS) is 14.2. The molecule has 102 valence electrons. The van der Waals surface area contributed by atoms with E-state index in [0.29, 0.717) is 30.7 Å². The van der Waals surface area contributed by atoms with Gasteiger partial charge in [0, 0.05) is 12.7 Å². The molecule has 1 aromatic heterocycles. The van der Waals surface area contributed by atoms with Crippen molar-refractivity contribution < 1.29 is 9.84 Å². The van der Waals surface area contributed by atoms with Crippen molar-refractivity contribution in [3.63, 3.8) is 0 Å². The highest BCUT2D eigenvalue weighted by Crippen LogP contribution is 2.18. The Morgan fingerprint density at radius 1 is 1.44 bits per heavy atom. The van der Waals surface area contributed by atoms with Gasteiger partial charge < -0.3 is 20.9 Å². The van der Waals surface area contributed by atoms with Crippen molar-refractivity contribution >= 4 is 11.6 Å². The zero-order valence-electron chi connectivity index (χ0n) is 11.2. The average molecular weight is 254 g/mol. The van der Waals surface area contributed by atoms with E-state index in [1.165, 1.54) is 0 Å². The van der Waals surface area contributed by atoms with Gasteiger partial charge in [-0.2, -0.15) is 0 Å². The average Bonchev–Trinajstić information content (AvgIpc) is 2.35. The van der Waals surface area contributed by atoms with Gasteiger partial charge in [0.1, 0.15) is 18.2 Å². The molecule has 1 rings (SSSR count). The van der Waals surface area contributed by atoms with Gasteiger partial charge in [-0.05, 0) is 20.3 Å². The maximum absolute atomic E-state index is 9.36. The van der Waals surface area contributed by atoms with Gasteiger partial charge >= 0.3 is 0 Å². The number of nitrogens with one attached hydrogen (secondary N) is 1. The summed E-state index contributed by atoms with van der Waals surface area (Å²) in [6.07, 6.45) is 0.772. The maximum atomic E-state index is 9.36. The predicted molar refractivity (Wildman–Crippen MR) is 71.2 cm³/mol. The number of anilines is 2. The van der Waals surface area contributed by atoms with Crippen LogP contribution in [0.2, 0.25) is 0 Å². The standard InChI is InChI=1S/C12H22N4O2/c1-4-12(3,8-17)16-10-6-9(13)14-11(15-10)7-18-5-2/h6,17H,4-5,7-8H2,1-3H3,(H3,13,14,15,16). The van der Waals surface area contributed by atoms with Crippen LogP contribution >= 0.6 is 0 Å². The molecule has 0 aromatic carbocycles. The SMILES string of the molecule is CCOCc1nc(N)cc(NC(C)(CC)CO)n1. The molecule has 0 amide bonds. The van der Waals surface area contributed by atoms with Gasteiger partial charge in [-0.3, -0.25) is 0 Å². The van der Waals surface area contributed by atoms with Crippen molar-refractivity contribution in [1.82, 2.24) is 9.97 Å². The van der Waals surface area contributed by atoms with Crippen LogP contribution in [0.15, 0.2) is 6.07 Å². The summed E-state index contributed by atoms with van der Waals surface area (Å²) in [7, 11) is 0. The van der Waals surface area contributed by atoms with E-state index >= 15 is 0 Å². The first kappa shape index (κ1) is 14.7. The lowest BCUT2D eigenvalue weighted by Gasteiger charge is -2.28. The molecule has 1 atom stereocenters. The number of aliphatic hydroxyl groups is 1. The molecule has 6 heteroatoms. The second-order valence-corrected chi connectivity index (χ2v) is 4.43. The minimum atomic E-state index is -0.413. The summed E-state index contributed by atoms with van der Waals surface area (Å²) in [5, 5.41) is 12.5. The van der Waals surface area contributed by atoms with Crippen LogP contribution in [0.3, 0.4) is 0 Å². The molecule has 1 aromatic rings. The largest absolute Gasteiger partial charge is 0.394 e. The second-order valence-electron chi connectivity index (χ2n) is 4.43. The Hall–Kier alpha value is -1.40. The fourth-order valence-electron chi connectivity index (χ4n) is 1.39. The van der Waals surface area contributed by atoms with Gasteiger partial charge in [-0.15, -0.1) is 0 Å². The summed E-state index contributed by atoms with van der Waals surface area (Å²) in [6.45, 7) is 6.78. The monoisotopic (exact) mass is 254 g/mol. The molecule has 4 N–H and O–H groups in total. The summed E-state index contributed by atoms with van der Waals surface area (Å²) >= 11 is 0. The van der Waals surface area contributed by atoms with Crippen molar-refractivity contribution in [3.05, 3.63) is 11.9 Å². The Morgan fingerprint density at radius 3 is 2.72 bits per heavy atom. The van der Waals surface area contributed by atoms with Gasteiger partial charge in [0.2, 0.25) is 0 Å². The summed E-state index contributed by atoms with van der Waals surface area (Å²) < 4.78 is 5.25. The highest BCUT2D eigenvalue weighted by molar-refractivity contribution is 5.46. The van der Waals surface area contributed by atoms with Gasteiger partial charge in [-0.25, -0.2) is 9.97 Å². The summed E-state index contributed by atoms with van der Waals surface area (Å²) in [5.41, 5.74) is 5.31. The molecule has 0 spiro atoms. The lowest BCUT2D eigenvalue weighted by Crippen LogP contribution is -2.38. The van der Waals surface area contributed by atoms with Crippen LogP contribution in [-0.4, -0.2) is 33.8 Å². The van der Waals surface area contributed by atoms with Crippen molar-refractivity contribution in [1.29, 1.82) is 0 Å². The predicted octanol–water partition coefficient (Wildman–Crippen LogP) is 1.17. The van der Waals surface area contributed by atoms with Crippen LogP contribution in [0.1, 0.15) is 33.0 Å². The summed E-state index contributed by atoms with van der Waals surface area (Å²) in [5.74, 6) is 1.53. The van der Waals surface area contributed by atoms with Crippen molar-refractivity contribution in [3.8, 4) is 0 Å². The van der Waals surface area contributed by atoms with Crippen molar-refractivity contribution in [2.45, 2.75) is 39.3 Å². The molecule has 0 bridgehead atoms. The Balaban J connectivity index is 2.85. The van der Waals surface area contributed by atoms with Gasteiger partial charge in [-0.1, -0.05) is 6.92 Å². The Morgan fingerprint density at radius 2 is 2.17 bits per heavy atom. The Bertz CT molecular complexity index is 380. The number of hydrogen-bond acceptors (Lipinski definition) is 6. The third kappa shape index (κ3) is 4.12. The molecule has 18 heavy (non-hydrogen) atoms. The maximum Gasteiger partial charge on any atom is 0.158 e. The molecule has 6 nitrogen and oxygen atoms in total. The number of aliphatic hydroxyl groups excluding tert-OH is 1. The quantitative estimate of drug-likeness (QED) is 0.676. The van der Waals surface area contributed by atoms with E-state index in [-0.39, 0.29) is 6.61 Å². The molecule has 1 unspecified atom stereocenters. The number of nitrogens with zero attached hydrogens (tertiary/aromatic N) is 2. The fraction of sp³-hybridized carbons (Fsp3) is 0.667. The lowest BCUT2D eigenvalue weighted by molar-refractivity contribution is 0.128. The van der Waals surface area contributed by atoms with E-state index in [0.717, 1.165) is 6.42 Å². The molecule has 0 saturated heterocycles. The van der Waals surface area contributed by atoms with E-state index < -0.39 is 5.54 Å². The molecule has 0 fully saturated rings. The minimum Gasteiger partial charge on any atom is -0.394 e. The van der Waals surface area contributed by atoms with Crippen LogP contribution in [0.5, 0.6) is 0 Å². The Labute approximate surface area is 108 Å². The van der Waals surface area contributed by atoms with E-state index in [1.54, 1.807) is 6.07 Å². The van der Waals surface area contributed by atoms with Crippen LogP contribution in [0, 0.1) is 0 Å². The zero-order chi connectivity index (χ0) is 13.6. The van der Waals surface area contributed by atoms with Gasteiger partial charge in [0.05, 0.1) is 12.1 Å². The lowest BCUT2D eigenvalue weighted by atomic mass is 10.0. The van der Waals surface area contributed by atoms with Crippen LogP contribution in [0.4, 0.5) is 11.6 Å². The van der Waals surface area contributed by atoms with Crippen LogP contribution in [0.25, 0.3) is 0 Å². The highest BCUT2D eigenvalue weighted by Gasteiger charge is 2.21. The third-order valence-corrected chi connectivity index (χ3v) is 2.79. The number of nitrogen functional groups attached to an aromatic ring is 1. The van der Waals surface area contributed by atoms with E-state index in [2.05, 4.69) is 15.3 Å². The topological polar surface area (TPSA) is 93.3 Å². The third-order valence-electron chi connectivity index (χ3n) is 2.79. The van der Waals surface area contributed by atoms with E-state index in [9.17, 15) is 5.11 Å². The first-order valence-corrected chi connectivity index (χ1v) is 6.13. The van der Waals surface area contributed by atoms with Crippen molar-refractivity contribution in [2.75, 3.05) is 24.3 Å². The molecule has 0 aliphatic rings. The van der Waals surface area contributed by atoms with E-state index in [1.807, 2.05) is 20.8 Å². The zero-order valence-corrected chi connectivity index (χ0v) is 11.2. The summed E-state index contributed by atoms with van der Waals surface area (Å²) in [4.78, 5) is 8.41. The Kier molecular flexibility index (Phi) is 5.30. The van der Waals surface area contributed by atoms with E-state index in [4.69, 9.17) is 10.5 Å². The summed E-state index contributed by atoms with van der Waals surface area (Å²) in [6, 6.07) is 1.65. The van der Waals surface area contributed by atoms with Crippen LogP contribution < -0.4 is 11.1 Å². The molecule has 0 aliphatic heterocycles. The van der Waals surface area contributed by atoms with Gasteiger partial charge in [0.25, 0.3) is 0 Å². The molecule has 0 radical (unpaired) electrons. The number of nitrogens with two attached hydrogens (primary N) is 1. The molecule has 0 aliphatic carbocycles. The fourth-order valence-corrected chi connectivity index (χ4v) is 1.39. The number of rotatable bonds is 7. The highest BCUT2D eigenvalue weighted by atomic mass is 16.5. The molecular formula is C12H22N4O2. The second kappa shape index (κ2) is 6.51. The minimum absolute atomic E-state index is 0.0220. The van der Waals surface area contributed by atoms with Crippen LogP contribution in [-0.2, 0) is 11.3 Å². The smallest absolute Gasteiger partial charge is 0.158 e. The van der Waals surface area contributed by atoms with Crippen molar-refractivity contribution in [2.24, 2.45) is 0 Å².